The Morgan fingerprint density at radius 2 is 1.78 bits per heavy atom. The van der Waals surface area contributed by atoms with Crippen molar-refractivity contribution >= 4 is 12.0 Å². The lowest BCUT2D eigenvalue weighted by Crippen LogP contribution is -2.47. The van der Waals surface area contributed by atoms with Gasteiger partial charge in [-0.3, -0.25) is 4.79 Å². The molecule has 1 saturated heterocycles. The number of nitriles is 1. The quantitative estimate of drug-likeness (QED) is 0.455. The summed E-state index contributed by atoms with van der Waals surface area (Å²) < 4.78 is 4.64. The molecule has 1 fully saturated rings. The summed E-state index contributed by atoms with van der Waals surface area (Å²) in [7, 11) is 1.32. The summed E-state index contributed by atoms with van der Waals surface area (Å²) >= 11 is 0. The Hall–Kier alpha value is -2.31. The number of aliphatic hydroxyl groups excluding tert-OH is 2. The summed E-state index contributed by atoms with van der Waals surface area (Å²) in [5, 5.41) is 27.1. The molecule has 23 heavy (non-hydrogen) atoms. The number of aliphatic hydroxyl groups is 2. The number of nitrogens with zero attached hydrogens (tertiary/aromatic N) is 4. The molecule has 2 N–H and O–H groups in total. The van der Waals surface area contributed by atoms with Crippen molar-refractivity contribution in [1.29, 1.82) is 5.26 Å². The van der Waals surface area contributed by atoms with Crippen molar-refractivity contribution < 1.29 is 24.5 Å². The molecule has 1 rings (SSSR count). The summed E-state index contributed by atoms with van der Waals surface area (Å²) in [5.74, 6) is -0.536. The minimum absolute atomic E-state index is 0.0501. The second kappa shape index (κ2) is 9.66. The maximum Gasteiger partial charge on any atom is 0.409 e. The maximum absolute atomic E-state index is 12.2. The topological polar surface area (TPSA) is 117 Å². The van der Waals surface area contributed by atoms with Gasteiger partial charge in [0.05, 0.1) is 20.3 Å². The number of hydrogen-bond acceptors (Lipinski definition) is 7. The third-order valence-electron chi connectivity index (χ3n) is 3.44. The van der Waals surface area contributed by atoms with Crippen LogP contribution in [-0.4, -0.2) is 96.5 Å². The molecule has 128 valence electrons. The van der Waals surface area contributed by atoms with Gasteiger partial charge in [-0.05, 0) is 0 Å². The van der Waals surface area contributed by atoms with Crippen LogP contribution in [0.15, 0.2) is 11.8 Å². The van der Waals surface area contributed by atoms with Crippen molar-refractivity contribution in [1.82, 2.24) is 14.7 Å². The SMILES string of the molecule is COC(=O)N1CCN(/C=C(/C#N)C(=O)N(CCO)CCO)CC1. The largest absolute Gasteiger partial charge is 0.453 e. The number of amides is 2. The van der Waals surface area contributed by atoms with Crippen LogP contribution in [0.1, 0.15) is 0 Å². The van der Waals surface area contributed by atoms with E-state index in [2.05, 4.69) is 4.74 Å². The van der Waals surface area contributed by atoms with Crippen LogP contribution in [0.4, 0.5) is 4.79 Å². The second-order valence-corrected chi connectivity index (χ2v) is 4.89. The van der Waals surface area contributed by atoms with E-state index in [0.29, 0.717) is 26.2 Å². The first kappa shape index (κ1) is 18.7. The molecule has 0 bridgehead atoms. The summed E-state index contributed by atoms with van der Waals surface area (Å²) in [6, 6.07) is 1.85. The van der Waals surface area contributed by atoms with Crippen molar-refractivity contribution in [2.45, 2.75) is 0 Å². The molecule has 0 radical (unpaired) electrons. The molecule has 0 saturated carbocycles. The molecule has 9 nitrogen and oxygen atoms in total. The van der Waals surface area contributed by atoms with E-state index in [1.54, 1.807) is 9.80 Å². The van der Waals surface area contributed by atoms with E-state index in [1.165, 1.54) is 18.2 Å². The lowest BCUT2D eigenvalue weighted by Gasteiger charge is -2.33. The Morgan fingerprint density at radius 1 is 1.22 bits per heavy atom. The number of carbonyl (C=O) groups excluding carboxylic acids is 2. The Morgan fingerprint density at radius 3 is 2.22 bits per heavy atom. The van der Waals surface area contributed by atoms with E-state index in [9.17, 15) is 14.9 Å². The van der Waals surface area contributed by atoms with Crippen molar-refractivity contribution in [2.24, 2.45) is 0 Å². The van der Waals surface area contributed by atoms with Crippen molar-refractivity contribution in [3.05, 3.63) is 11.8 Å². The summed E-state index contributed by atoms with van der Waals surface area (Å²) in [6.45, 7) is 1.44. The first-order valence-corrected chi connectivity index (χ1v) is 7.27. The van der Waals surface area contributed by atoms with E-state index >= 15 is 0 Å². The molecule has 0 unspecified atom stereocenters. The van der Waals surface area contributed by atoms with Crippen molar-refractivity contribution in [3.63, 3.8) is 0 Å². The fourth-order valence-corrected chi connectivity index (χ4v) is 2.20. The summed E-state index contributed by atoms with van der Waals surface area (Å²) in [4.78, 5) is 28.2. The van der Waals surface area contributed by atoms with Crippen molar-refractivity contribution in [2.75, 3.05) is 59.6 Å². The number of hydrogen-bond donors (Lipinski definition) is 2. The molecular formula is C14H22N4O5. The minimum Gasteiger partial charge on any atom is -0.453 e. The Labute approximate surface area is 134 Å². The van der Waals surface area contributed by atoms with Crippen LogP contribution in [0.5, 0.6) is 0 Å². The highest BCUT2D eigenvalue weighted by Gasteiger charge is 2.22. The smallest absolute Gasteiger partial charge is 0.409 e. The van der Waals surface area contributed by atoms with Gasteiger partial charge in [0.25, 0.3) is 5.91 Å². The van der Waals surface area contributed by atoms with Gasteiger partial charge >= 0.3 is 6.09 Å². The number of piperazine rings is 1. The highest BCUT2D eigenvalue weighted by Crippen LogP contribution is 2.08. The van der Waals surface area contributed by atoms with Gasteiger partial charge in [-0.25, -0.2) is 4.79 Å². The Balaban J connectivity index is 2.70. The second-order valence-electron chi connectivity index (χ2n) is 4.89. The van der Waals surface area contributed by atoms with Crippen molar-refractivity contribution in [3.8, 4) is 6.07 Å². The summed E-state index contributed by atoms with van der Waals surface area (Å²) in [5.41, 5.74) is -0.0709. The number of methoxy groups -OCH3 is 1. The van der Waals surface area contributed by atoms with Gasteiger partial charge < -0.3 is 29.6 Å². The van der Waals surface area contributed by atoms with Gasteiger partial charge in [0.1, 0.15) is 11.6 Å². The van der Waals surface area contributed by atoms with Gasteiger partial charge in [0, 0.05) is 45.5 Å². The lowest BCUT2D eigenvalue weighted by atomic mass is 10.2. The number of rotatable bonds is 6. The molecule has 9 heteroatoms. The predicted octanol–water partition coefficient (Wildman–Crippen LogP) is -1.41. The van der Waals surface area contributed by atoms with Gasteiger partial charge in [-0.15, -0.1) is 0 Å². The molecular weight excluding hydrogens is 304 g/mol. The first-order valence-electron chi connectivity index (χ1n) is 7.27. The van der Waals surface area contributed by atoms with Crippen LogP contribution in [0, 0.1) is 11.3 Å². The van der Waals surface area contributed by atoms with E-state index in [0.717, 1.165) is 0 Å². The fourth-order valence-electron chi connectivity index (χ4n) is 2.20. The van der Waals surface area contributed by atoms with E-state index in [-0.39, 0.29) is 31.9 Å². The van der Waals surface area contributed by atoms with Crippen LogP contribution in [0.2, 0.25) is 0 Å². The monoisotopic (exact) mass is 326 g/mol. The third kappa shape index (κ3) is 5.43. The highest BCUT2D eigenvalue weighted by molar-refractivity contribution is 5.97. The molecule has 0 aromatic carbocycles. The molecule has 0 aliphatic carbocycles. The molecule has 2 amide bonds. The summed E-state index contributed by atoms with van der Waals surface area (Å²) in [6.07, 6.45) is 1.06. The van der Waals surface area contributed by atoms with E-state index in [1.807, 2.05) is 6.07 Å². The molecule has 1 aliphatic heterocycles. The molecule has 0 aromatic rings. The van der Waals surface area contributed by atoms with Gasteiger partial charge in [-0.1, -0.05) is 0 Å². The lowest BCUT2D eigenvalue weighted by molar-refractivity contribution is -0.127. The Kier molecular flexibility index (Phi) is 7.87. The first-order chi connectivity index (χ1) is 11.1. The highest BCUT2D eigenvalue weighted by atomic mass is 16.5. The Bertz CT molecular complexity index is 474. The molecule has 1 heterocycles. The van der Waals surface area contributed by atoms with Crippen LogP contribution in [0.3, 0.4) is 0 Å². The van der Waals surface area contributed by atoms with E-state index in [4.69, 9.17) is 10.2 Å². The normalized spacial score (nSPS) is 15.1. The fraction of sp³-hybridized carbons (Fsp3) is 0.643. The van der Waals surface area contributed by atoms with Gasteiger partial charge in [0.2, 0.25) is 0 Å². The predicted molar refractivity (Wildman–Crippen MR) is 80.0 cm³/mol. The zero-order chi connectivity index (χ0) is 17.2. The van der Waals surface area contributed by atoms with Crippen LogP contribution >= 0.6 is 0 Å². The molecule has 0 aromatic heterocycles. The number of ether oxygens (including phenoxy) is 1. The number of carbonyl (C=O) groups is 2. The standard InChI is InChI=1S/C14H22N4O5/c1-23-14(22)18-4-2-16(3-5-18)11-12(10-15)13(21)17(6-8-19)7-9-20/h11,19-20H,2-9H2,1H3/b12-11-. The minimum atomic E-state index is -0.536. The third-order valence-corrected chi connectivity index (χ3v) is 3.44. The molecule has 1 aliphatic rings. The maximum atomic E-state index is 12.2. The average molecular weight is 326 g/mol. The molecule has 0 atom stereocenters. The van der Waals surface area contributed by atoms with Crippen LogP contribution in [-0.2, 0) is 9.53 Å². The van der Waals surface area contributed by atoms with Gasteiger partial charge in [-0.2, -0.15) is 5.26 Å². The molecule has 0 spiro atoms. The van der Waals surface area contributed by atoms with Gasteiger partial charge in [0.15, 0.2) is 0 Å². The average Bonchev–Trinajstić information content (AvgIpc) is 2.58. The zero-order valence-corrected chi connectivity index (χ0v) is 13.1. The van der Waals surface area contributed by atoms with Crippen LogP contribution < -0.4 is 0 Å². The van der Waals surface area contributed by atoms with E-state index < -0.39 is 12.0 Å². The van der Waals surface area contributed by atoms with Crippen LogP contribution in [0.25, 0.3) is 0 Å². The zero-order valence-electron chi connectivity index (χ0n) is 13.1.